The highest BCUT2D eigenvalue weighted by molar-refractivity contribution is 6.09. The van der Waals surface area contributed by atoms with Gasteiger partial charge in [0.2, 0.25) is 0 Å². The number of amides is 2. The first kappa shape index (κ1) is 19.8. The van der Waals surface area contributed by atoms with E-state index >= 15 is 0 Å². The molecule has 0 aliphatic carbocycles. The van der Waals surface area contributed by atoms with E-state index in [-0.39, 0.29) is 22.6 Å². The number of carbonyl (C=O) groups is 2. The van der Waals surface area contributed by atoms with Crippen LogP contribution in [0.25, 0.3) is 0 Å². The molecule has 6 nitrogen and oxygen atoms in total. The third kappa shape index (κ3) is 4.65. The van der Waals surface area contributed by atoms with Crippen LogP contribution in [0.5, 0.6) is 5.75 Å². The van der Waals surface area contributed by atoms with Gasteiger partial charge in [0.05, 0.1) is 22.5 Å². The summed E-state index contributed by atoms with van der Waals surface area (Å²) in [5.41, 5.74) is 3.54. The number of hydrogen-bond acceptors (Lipinski definition) is 4. The summed E-state index contributed by atoms with van der Waals surface area (Å²) in [5, 5.41) is 16.4. The molecule has 0 atom stereocenters. The van der Waals surface area contributed by atoms with Crippen LogP contribution in [0, 0.1) is 5.82 Å². The van der Waals surface area contributed by atoms with E-state index in [2.05, 4.69) is 15.8 Å². The van der Waals surface area contributed by atoms with E-state index in [0.717, 1.165) is 0 Å². The third-order valence-electron chi connectivity index (χ3n) is 4.16. The fourth-order valence-corrected chi connectivity index (χ4v) is 2.66. The third-order valence-corrected chi connectivity index (χ3v) is 4.16. The van der Waals surface area contributed by atoms with Crippen molar-refractivity contribution in [1.82, 2.24) is 5.43 Å². The summed E-state index contributed by atoms with van der Waals surface area (Å²) in [6.45, 7) is 1.64. The van der Waals surface area contributed by atoms with Gasteiger partial charge in [-0.15, -0.1) is 0 Å². The molecule has 0 saturated heterocycles. The van der Waals surface area contributed by atoms with Crippen LogP contribution < -0.4 is 10.7 Å². The van der Waals surface area contributed by atoms with Crippen molar-refractivity contribution in [3.05, 3.63) is 95.3 Å². The van der Waals surface area contributed by atoms with Crippen molar-refractivity contribution < 1.29 is 19.1 Å². The van der Waals surface area contributed by atoms with Crippen LogP contribution in [0.15, 0.2) is 77.9 Å². The Labute approximate surface area is 166 Å². The minimum Gasteiger partial charge on any atom is -0.507 e. The predicted molar refractivity (Wildman–Crippen MR) is 109 cm³/mol. The zero-order valence-electron chi connectivity index (χ0n) is 15.5. The first-order chi connectivity index (χ1) is 14.0. The highest BCUT2D eigenvalue weighted by atomic mass is 19.1. The van der Waals surface area contributed by atoms with Crippen molar-refractivity contribution in [2.45, 2.75) is 6.92 Å². The molecule has 0 aromatic heterocycles. The Balaban J connectivity index is 1.79. The lowest BCUT2D eigenvalue weighted by molar-refractivity contribution is 0.0955. The quantitative estimate of drug-likeness (QED) is 0.455. The number of nitrogens with zero attached hydrogens (tertiary/aromatic N) is 1. The number of carbonyl (C=O) groups excluding carboxylic acids is 2. The van der Waals surface area contributed by atoms with E-state index in [4.69, 9.17) is 0 Å². The number of benzene rings is 3. The van der Waals surface area contributed by atoms with E-state index in [1.54, 1.807) is 43.3 Å². The van der Waals surface area contributed by atoms with Gasteiger partial charge >= 0.3 is 0 Å². The maximum absolute atomic E-state index is 13.8. The summed E-state index contributed by atoms with van der Waals surface area (Å²) in [6, 6.07) is 18.5. The van der Waals surface area contributed by atoms with Gasteiger partial charge in [-0.05, 0) is 43.3 Å². The van der Waals surface area contributed by atoms with Crippen LogP contribution in [0.3, 0.4) is 0 Å². The lowest BCUT2D eigenvalue weighted by Gasteiger charge is -2.11. The Morgan fingerprint density at radius 2 is 1.41 bits per heavy atom. The normalized spacial score (nSPS) is 11.0. The summed E-state index contributed by atoms with van der Waals surface area (Å²) in [5.74, 6) is -1.85. The number of para-hydroxylation sites is 2. The lowest BCUT2D eigenvalue weighted by atomic mass is 10.1. The number of aromatic hydroxyl groups is 1. The SMILES string of the molecule is C/C(=N/NC(=O)c1ccccc1NC(=O)c1ccccc1F)c1ccccc1O. The summed E-state index contributed by atoms with van der Waals surface area (Å²) in [7, 11) is 0. The van der Waals surface area contributed by atoms with Crippen LogP contribution in [-0.4, -0.2) is 22.6 Å². The molecule has 3 N–H and O–H groups in total. The minimum atomic E-state index is -0.669. The minimum absolute atomic E-state index is 0.0422. The van der Waals surface area contributed by atoms with Crippen molar-refractivity contribution in [1.29, 1.82) is 0 Å². The van der Waals surface area contributed by atoms with E-state index in [9.17, 15) is 19.1 Å². The molecule has 3 rings (SSSR count). The molecule has 3 aromatic carbocycles. The Morgan fingerprint density at radius 3 is 2.10 bits per heavy atom. The zero-order valence-corrected chi connectivity index (χ0v) is 15.5. The molecule has 0 bridgehead atoms. The predicted octanol–water partition coefficient (Wildman–Crippen LogP) is 3.94. The second-order valence-corrected chi connectivity index (χ2v) is 6.13. The number of nitrogens with one attached hydrogen (secondary N) is 2. The molecule has 0 fully saturated rings. The van der Waals surface area contributed by atoms with Gasteiger partial charge < -0.3 is 10.4 Å². The topological polar surface area (TPSA) is 90.8 Å². The van der Waals surface area contributed by atoms with Gasteiger partial charge in [0.15, 0.2) is 0 Å². The Kier molecular flexibility index (Phi) is 5.99. The maximum Gasteiger partial charge on any atom is 0.273 e. The lowest BCUT2D eigenvalue weighted by Crippen LogP contribution is -2.22. The maximum atomic E-state index is 13.8. The fourth-order valence-electron chi connectivity index (χ4n) is 2.66. The zero-order chi connectivity index (χ0) is 20.8. The Bertz CT molecular complexity index is 1100. The molecular weight excluding hydrogens is 373 g/mol. The van der Waals surface area contributed by atoms with Gasteiger partial charge in [0.1, 0.15) is 11.6 Å². The van der Waals surface area contributed by atoms with Gasteiger partial charge in [0, 0.05) is 5.56 Å². The van der Waals surface area contributed by atoms with E-state index in [0.29, 0.717) is 11.3 Å². The van der Waals surface area contributed by atoms with Crippen LogP contribution in [0.1, 0.15) is 33.2 Å². The van der Waals surface area contributed by atoms with Crippen LogP contribution in [0.2, 0.25) is 0 Å². The molecule has 2 amide bonds. The molecule has 0 aliphatic rings. The molecule has 0 aliphatic heterocycles. The number of hydrogen-bond donors (Lipinski definition) is 3. The van der Waals surface area contributed by atoms with Gasteiger partial charge in [-0.1, -0.05) is 36.4 Å². The molecule has 0 radical (unpaired) electrons. The van der Waals surface area contributed by atoms with Crippen LogP contribution in [0.4, 0.5) is 10.1 Å². The smallest absolute Gasteiger partial charge is 0.273 e. The number of halogens is 1. The number of phenolic OH excluding ortho intramolecular Hbond substituents is 1. The van der Waals surface area contributed by atoms with Crippen molar-refractivity contribution in [2.75, 3.05) is 5.32 Å². The van der Waals surface area contributed by atoms with Crippen LogP contribution >= 0.6 is 0 Å². The Hall–Kier alpha value is -4.00. The number of phenols is 1. The highest BCUT2D eigenvalue weighted by Gasteiger charge is 2.16. The number of anilines is 1. The molecule has 146 valence electrons. The second kappa shape index (κ2) is 8.79. The van der Waals surface area contributed by atoms with Gasteiger partial charge in [-0.25, -0.2) is 9.82 Å². The molecule has 0 unspecified atom stereocenters. The van der Waals surface area contributed by atoms with Gasteiger partial charge in [0.25, 0.3) is 11.8 Å². The second-order valence-electron chi connectivity index (χ2n) is 6.13. The van der Waals surface area contributed by atoms with Crippen LogP contribution in [-0.2, 0) is 0 Å². The highest BCUT2D eigenvalue weighted by Crippen LogP contribution is 2.18. The molecule has 3 aromatic rings. The summed E-state index contributed by atoms with van der Waals surface area (Å²) < 4.78 is 13.8. The van der Waals surface area contributed by atoms with Crippen molar-refractivity contribution in [2.24, 2.45) is 5.10 Å². The fraction of sp³-hybridized carbons (Fsp3) is 0.0455. The first-order valence-electron chi connectivity index (χ1n) is 8.75. The molecule has 29 heavy (non-hydrogen) atoms. The molecule has 0 saturated carbocycles. The largest absolute Gasteiger partial charge is 0.507 e. The van der Waals surface area contributed by atoms with Gasteiger partial charge in [-0.3, -0.25) is 9.59 Å². The standard InChI is InChI=1S/C22H18FN3O3/c1-14(15-8-4-7-13-20(15)27)25-26-22(29)17-10-3-6-12-19(17)24-21(28)16-9-2-5-11-18(16)23/h2-13,27H,1H3,(H,24,28)(H,26,29)/b25-14-. The number of rotatable bonds is 5. The van der Waals surface area contributed by atoms with E-state index < -0.39 is 17.6 Å². The molecule has 0 heterocycles. The average molecular weight is 391 g/mol. The summed E-state index contributed by atoms with van der Waals surface area (Å²) >= 11 is 0. The number of hydrazone groups is 1. The summed E-state index contributed by atoms with van der Waals surface area (Å²) in [4.78, 5) is 24.9. The molecule has 7 heteroatoms. The average Bonchev–Trinajstić information content (AvgIpc) is 2.72. The van der Waals surface area contributed by atoms with Crippen molar-refractivity contribution >= 4 is 23.2 Å². The van der Waals surface area contributed by atoms with Gasteiger partial charge in [-0.2, -0.15) is 5.10 Å². The summed E-state index contributed by atoms with van der Waals surface area (Å²) in [6.07, 6.45) is 0. The van der Waals surface area contributed by atoms with E-state index in [1.165, 1.54) is 36.4 Å². The first-order valence-corrected chi connectivity index (χ1v) is 8.75. The Morgan fingerprint density at radius 1 is 0.828 bits per heavy atom. The molecular formula is C22H18FN3O3. The van der Waals surface area contributed by atoms with Crippen molar-refractivity contribution in [3.8, 4) is 5.75 Å². The monoisotopic (exact) mass is 391 g/mol. The van der Waals surface area contributed by atoms with E-state index in [1.807, 2.05) is 0 Å². The molecule has 0 spiro atoms. The van der Waals surface area contributed by atoms with Crippen molar-refractivity contribution in [3.63, 3.8) is 0 Å².